The van der Waals surface area contributed by atoms with E-state index in [1.165, 1.54) is 0 Å². The summed E-state index contributed by atoms with van der Waals surface area (Å²) in [6.45, 7) is 3.73. The monoisotopic (exact) mass is 368 g/mol. The van der Waals surface area contributed by atoms with Crippen LogP contribution in [-0.2, 0) is 11.3 Å². The first-order valence-corrected chi connectivity index (χ1v) is 9.45. The molecular formula is C22H28N2O3. The molecule has 0 unspecified atom stereocenters. The summed E-state index contributed by atoms with van der Waals surface area (Å²) in [5.74, 6) is 0.796. The largest absolute Gasteiger partial charge is 0.489 e. The van der Waals surface area contributed by atoms with Gasteiger partial charge >= 0.3 is 0 Å². The van der Waals surface area contributed by atoms with Crippen LogP contribution in [0.25, 0.3) is 0 Å². The molecule has 5 heteroatoms. The second-order valence-electron chi connectivity index (χ2n) is 7.16. The topological polar surface area (TPSA) is 59.6 Å². The number of rotatable bonds is 8. The highest BCUT2D eigenvalue weighted by Crippen LogP contribution is 2.28. The molecule has 0 spiro atoms. The standard InChI is InChI=1S/C22H28N2O3/c1-26-17-22(11-13-23-14-12-22)16-24-21(25)19-9-7-18(8-10-19)15-27-20-5-3-2-4-6-20/h2-10,23H,11-17H2,1H3,(H,24,25). The van der Waals surface area contributed by atoms with E-state index in [-0.39, 0.29) is 11.3 Å². The molecule has 3 rings (SSSR count). The Labute approximate surface area is 161 Å². The van der Waals surface area contributed by atoms with Gasteiger partial charge < -0.3 is 20.1 Å². The molecule has 1 amide bonds. The molecule has 1 aliphatic rings. The van der Waals surface area contributed by atoms with Crippen molar-refractivity contribution in [2.24, 2.45) is 5.41 Å². The molecule has 2 aromatic carbocycles. The summed E-state index contributed by atoms with van der Waals surface area (Å²) in [4.78, 5) is 12.5. The van der Waals surface area contributed by atoms with E-state index in [0.29, 0.717) is 25.3 Å². The van der Waals surface area contributed by atoms with Crippen LogP contribution >= 0.6 is 0 Å². The Morgan fingerprint density at radius 3 is 2.44 bits per heavy atom. The lowest BCUT2D eigenvalue weighted by Gasteiger charge is -2.37. The maximum Gasteiger partial charge on any atom is 0.251 e. The number of piperidine rings is 1. The van der Waals surface area contributed by atoms with E-state index in [0.717, 1.165) is 37.2 Å². The van der Waals surface area contributed by atoms with Gasteiger partial charge in [0.2, 0.25) is 0 Å². The summed E-state index contributed by atoms with van der Waals surface area (Å²) in [7, 11) is 1.72. The van der Waals surface area contributed by atoms with E-state index in [4.69, 9.17) is 9.47 Å². The summed E-state index contributed by atoms with van der Waals surface area (Å²) in [5, 5.41) is 6.46. The second kappa shape index (κ2) is 9.53. The van der Waals surface area contributed by atoms with Gasteiger partial charge in [0.05, 0.1) is 6.61 Å². The number of para-hydroxylation sites is 1. The van der Waals surface area contributed by atoms with Gasteiger partial charge in [0.25, 0.3) is 5.91 Å². The van der Waals surface area contributed by atoms with Crippen molar-refractivity contribution in [1.29, 1.82) is 0 Å². The molecule has 0 aromatic heterocycles. The molecular weight excluding hydrogens is 340 g/mol. The molecule has 27 heavy (non-hydrogen) atoms. The number of benzene rings is 2. The average molecular weight is 368 g/mol. The van der Waals surface area contributed by atoms with Crippen molar-refractivity contribution in [3.8, 4) is 5.75 Å². The molecule has 0 saturated carbocycles. The van der Waals surface area contributed by atoms with Gasteiger partial charge in [0, 0.05) is 24.6 Å². The van der Waals surface area contributed by atoms with Gasteiger partial charge in [-0.1, -0.05) is 30.3 Å². The molecule has 2 N–H and O–H groups in total. The molecule has 0 bridgehead atoms. The van der Waals surface area contributed by atoms with Crippen molar-refractivity contribution < 1.29 is 14.3 Å². The molecule has 0 radical (unpaired) electrons. The number of methoxy groups -OCH3 is 1. The van der Waals surface area contributed by atoms with E-state index in [1.54, 1.807) is 7.11 Å². The van der Waals surface area contributed by atoms with Gasteiger partial charge in [-0.3, -0.25) is 4.79 Å². The summed E-state index contributed by atoms with van der Waals surface area (Å²) in [5.41, 5.74) is 1.73. The number of amides is 1. The summed E-state index contributed by atoms with van der Waals surface area (Å²) in [6.07, 6.45) is 2.02. The first kappa shape index (κ1) is 19.4. The van der Waals surface area contributed by atoms with E-state index in [1.807, 2.05) is 54.6 Å². The lowest BCUT2D eigenvalue weighted by molar-refractivity contribution is 0.0512. The molecule has 1 heterocycles. The van der Waals surface area contributed by atoms with Crippen LogP contribution in [0.3, 0.4) is 0 Å². The van der Waals surface area contributed by atoms with Crippen molar-refractivity contribution in [2.45, 2.75) is 19.4 Å². The molecule has 0 atom stereocenters. The summed E-state index contributed by atoms with van der Waals surface area (Å²) >= 11 is 0. The predicted octanol–water partition coefficient (Wildman–Crippen LogP) is 3.01. The predicted molar refractivity (Wildman–Crippen MR) is 106 cm³/mol. The molecule has 2 aromatic rings. The van der Waals surface area contributed by atoms with Crippen LogP contribution in [0.5, 0.6) is 5.75 Å². The highest BCUT2D eigenvalue weighted by molar-refractivity contribution is 5.94. The van der Waals surface area contributed by atoms with Crippen molar-refractivity contribution in [1.82, 2.24) is 10.6 Å². The Bertz CT molecular complexity index is 705. The lowest BCUT2D eigenvalue weighted by atomic mass is 9.79. The number of nitrogens with one attached hydrogen (secondary N) is 2. The fourth-order valence-corrected chi connectivity index (χ4v) is 3.44. The molecule has 5 nitrogen and oxygen atoms in total. The molecule has 1 fully saturated rings. The van der Waals surface area contributed by atoms with Crippen LogP contribution in [0.2, 0.25) is 0 Å². The molecule has 144 valence electrons. The summed E-state index contributed by atoms with van der Waals surface area (Å²) in [6, 6.07) is 17.3. The lowest BCUT2D eigenvalue weighted by Crippen LogP contribution is -2.47. The van der Waals surface area contributed by atoms with Gasteiger partial charge in [0.15, 0.2) is 0 Å². The normalized spacial score (nSPS) is 15.9. The number of hydrogen-bond acceptors (Lipinski definition) is 4. The third-order valence-corrected chi connectivity index (χ3v) is 5.10. The van der Waals surface area contributed by atoms with Crippen molar-refractivity contribution in [3.05, 3.63) is 65.7 Å². The highest BCUT2D eigenvalue weighted by Gasteiger charge is 2.32. The van der Waals surface area contributed by atoms with E-state index < -0.39 is 0 Å². The maximum atomic E-state index is 12.5. The van der Waals surface area contributed by atoms with Crippen LogP contribution in [0.15, 0.2) is 54.6 Å². The zero-order valence-corrected chi connectivity index (χ0v) is 15.9. The number of carbonyl (C=O) groups excluding carboxylic acids is 1. The van der Waals surface area contributed by atoms with E-state index in [9.17, 15) is 4.79 Å². The molecule has 0 aliphatic carbocycles. The summed E-state index contributed by atoms with van der Waals surface area (Å²) < 4.78 is 11.1. The quantitative estimate of drug-likeness (QED) is 0.752. The van der Waals surface area contributed by atoms with Gasteiger partial charge in [-0.15, -0.1) is 0 Å². The van der Waals surface area contributed by atoms with Crippen LogP contribution in [-0.4, -0.2) is 39.3 Å². The van der Waals surface area contributed by atoms with Gasteiger partial charge in [-0.05, 0) is 55.8 Å². The van der Waals surface area contributed by atoms with Crippen molar-refractivity contribution in [2.75, 3.05) is 33.4 Å². The maximum absolute atomic E-state index is 12.5. The van der Waals surface area contributed by atoms with Gasteiger partial charge in [-0.2, -0.15) is 0 Å². The fourth-order valence-electron chi connectivity index (χ4n) is 3.44. The third kappa shape index (κ3) is 5.55. The molecule has 1 aliphatic heterocycles. The minimum Gasteiger partial charge on any atom is -0.489 e. The molecule has 1 saturated heterocycles. The van der Waals surface area contributed by atoms with Gasteiger partial charge in [-0.25, -0.2) is 0 Å². The highest BCUT2D eigenvalue weighted by atomic mass is 16.5. The first-order valence-electron chi connectivity index (χ1n) is 9.45. The van der Waals surface area contributed by atoms with Crippen LogP contribution in [0, 0.1) is 5.41 Å². The smallest absolute Gasteiger partial charge is 0.251 e. The van der Waals surface area contributed by atoms with E-state index >= 15 is 0 Å². The van der Waals surface area contributed by atoms with Crippen LogP contribution in [0.1, 0.15) is 28.8 Å². The Hall–Kier alpha value is -2.37. The van der Waals surface area contributed by atoms with E-state index in [2.05, 4.69) is 10.6 Å². The zero-order chi connectivity index (χ0) is 19.0. The Morgan fingerprint density at radius 1 is 1.07 bits per heavy atom. The number of carbonyl (C=O) groups is 1. The number of hydrogen-bond donors (Lipinski definition) is 2. The second-order valence-corrected chi connectivity index (χ2v) is 7.16. The van der Waals surface area contributed by atoms with Crippen molar-refractivity contribution >= 4 is 5.91 Å². The Balaban J connectivity index is 1.52. The Morgan fingerprint density at radius 2 is 1.78 bits per heavy atom. The van der Waals surface area contributed by atoms with Crippen LogP contribution < -0.4 is 15.4 Å². The Kier molecular flexibility index (Phi) is 6.85. The SMILES string of the molecule is COCC1(CNC(=O)c2ccc(COc3ccccc3)cc2)CCNCC1. The first-order chi connectivity index (χ1) is 13.2. The van der Waals surface area contributed by atoms with Crippen LogP contribution in [0.4, 0.5) is 0 Å². The zero-order valence-electron chi connectivity index (χ0n) is 15.9. The minimum atomic E-state index is -0.0421. The fraction of sp³-hybridized carbons (Fsp3) is 0.409. The van der Waals surface area contributed by atoms with Crippen molar-refractivity contribution in [3.63, 3.8) is 0 Å². The van der Waals surface area contributed by atoms with Gasteiger partial charge in [0.1, 0.15) is 12.4 Å². The average Bonchev–Trinajstić information content (AvgIpc) is 2.73. The number of ether oxygens (including phenoxy) is 2. The minimum absolute atomic E-state index is 0.0269. The third-order valence-electron chi connectivity index (χ3n) is 5.10.